The number of anilines is 4. The third kappa shape index (κ3) is 6.25. The molecule has 4 aromatic rings. The number of amides is 4. The van der Waals surface area contributed by atoms with Crippen LogP contribution in [0.4, 0.5) is 31.9 Å². The van der Waals surface area contributed by atoms with Crippen LogP contribution in [0.2, 0.25) is 0 Å². The summed E-state index contributed by atoms with van der Waals surface area (Å²) in [4.78, 5) is 50.2. The van der Waals surface area contributed by atoms with Crippen molar-refractivity contribution in [3.63, 3.8) is 0 Å². The molecule has 0 spiro atoms. The number of halogens is 1. The molecule has 9 nitrogen and oxygen atoms in total. The van der Waals surface area contributed by atoms with Crippen LogP contribution in [0, 0.1) is 0 Å². The van der Waals surface area contributed by atoms with E-state index in [2.05, 4.69) is 21.3 Å². The zero-order valence-corrected chi connectivity index (χ0v) is 20.4. The van der Waals surface area contributed by atoms with Gasteiger partial charge in [-0.15, -0.1) is 0 Å². The highest BCUT2D eigenvalue weighted by atomic mass is 19.1. The minimum absolute atomic E-state index is 0.0816. The van der Waals surface area contributed by atoms with Gasteiger partial charge in [0.15, 0.2) is 0 Å². The summed E-state index contributed by atoms with van der Waals surface area (Å²) in [5, 5.41) is 18.6. The van der Waals surface area contributed by atoms with Crippen LogP contribution in [0.1, 0.15) is 15.9 Å². The smallest absolute Gasteiger partial charge is 0.409 e. The first-order valence-corrected chi connectivity index (χ1v) is 11.7. The van der Waals surface area contributed by atoms with E-state index in [1.54, 1.807) is 72.8 Å². The van der Waals surface area contributed by atoms with E-state index in [1.807, 2.05) is 0 Å². The highest BCUT2D eigenvalue weighted by molar-refractivity contribution is 6.18. The maximum atomic E-state index is 16.5. The van der Waals surface area contributed by atoms with Gasteiger partial charge in [0.25, 0.3) is 23.4 Å². The van der Waals surface area contributed by atoms with Gasteiger partial charge in [0, 0.05) is 22.5 Å². The van der Waals surface area contributed by atoms with Crippen molar-refractivity contribution in [3.8, 4) is 0 Å². The number of nitrogens with one attached hydrogen (secondary N) is 4. The average molecular weight is 527 g/mol. The van der Waals surface area contributed by atoms with E-state index in [0.29, 0.717) is 11.4 Å². The summed E-state index contributed by atoms with van der Waals surface area (Å²) in [6.07, 6.45) is -1.30. The molecule has 0 saturated heterocycles. The number of carbonyl (C=O) groups excluding carboxylic acids is 3. The molecule has 4 aromatic carbocycles. The van der Waals surface area contributed by atoms with Gasteiger partial charge < -0.3 is 21.1 Å². The van der Waals surface area contributed by atoms with Crippen molar-refractivity contribution in [2.45, 2.75) is 5.67 Å². The standard InChI is InChI=1S/C29H23FN4O5/c30-29(26(36)31-21-9-3-1-4-10-21,27(37)32-22-11-5-2-6-12-22)20-17-15-19(16-18-20)25(35)33-23-13-7-8-14-24(23)34-28(38)39/h1-18,34H,(H,31,36)(H,32,37)(H,33,35)(H,38,39). The van der Waals surface area contributed by atoms with Crippen molar-refractivity contribution < 1.29 is 28.7 Å². The SMILES string of the molecule is O=C(O)Nc1ccccc1NC(=O)c1ccc(C(F)(C(=O)Nc2ccccc2)C(=O)Nc2ccccc2)cc1. The Morgan fingerprint density at radius 3 is 1.46 bits per heavy atom. The molecule has 0 heterocycles. The first-order chi connectivity index (χ1) is 18.8. The molecule has 0 bridgehead atoms. The average Bonchev–Trinajstić information content (AvgIpc) is 2.94. The minimum Gasteiger partial charge on any atom is -0.465 e. The number of hydrogen-bond donors (Lipinski definition) is 5. The van der Waals surface area contributed by atoms with Gasteiger partial charge in [-0.25, -0.2) is 9.18 Å². The normalized spacial score (nSPS) is 10.7. The second-order valence-corrected chi connectivity index (χ2v) is 8.31. The number of benzene rings is 4. The van der Waals surface area contributed by atoms with Gasteiger partial charge in [-0.05, 0) is 48.5 Å². The van der Waals surface area contributed by atoms with Gasteiger partial charge in [0.05, 0.1) is 11.4 Å². The third-order valence-electron chi connectivity index (χ3n) is 5.65. The van der Waals surface area contributed by atoms with Crippen molar-refractivity contribution in [3.05, 3.63) is 120 Å². The lowest BCUT2D eigenvalue weighted by atomic mass is 9.92. The summed E-state index contributed by atoms with van der Waals surface area (Å²) < 4.78 is 16.5. The lowest BCUT2D eigenvalue weighted by Gasteiger charge is -2.24. The number of carboxylic acid groups (broad SMARTS) is 1. The Morgan fingerprint density at radius 2 is 1.00 bits per heavy atom. The molecule has 0 unspecified atom stereocenters. The Morgan fingerprint density at radius 1 is 0.564 bits per heavy atom. The van der Waals surface area contributed by atoms with E-state index in [4.69, 9.17) is 5.11 Å². The van der Waals surface area contributed by atoms with Crippen LogP contribution in [0.5, 0.6) is 0 Å². The monoisotopic (exact) mass is 526 g/mol. The van der Waals surface area contributed by atoms with E-state index in [-0.39, 0.29) is 22.5 Å². The van der Waals surface area contributed by atoms with E-state index in [9.17, 15) is 19.2 Å². The van der Waals surface area contributed by atoms with Crippen LogP contribution in [0.15, 0.2) is 109 Å². The molecule has 0 fully saturated rings. The number of rotatable bonds is 8. The van der Waals surface area contributed by atoms with Crippen molar-refractivity contribution >= 4 is 46.6 Å². The van der Waals surface area contributed by atoms with Crippen LogP contribution < -0.4 is 21.3 Å². The first kappa shape index (κ1) is 26.6. The third-order valence-corrected chi connectivity index (χ3v) is 5.65. The Kier molecular flexibility index (Phi) is 7.96. The molecule has 4 rings (SSSR count). The predicted molar refractivity (Wildman–Crippen MR) is 145 cm³/mol. The fourth-order valence-corrected chi connectivity index (χ4v) is 3.70. The number of carbonyl (C=O) groups is 4. The molecule has 4 amide bonds. The predicted octanol–water partition coefficient (Wildman–Crippen LogP) is 5.47. The van der Waals surface area contributed by atoms with Crippen LogP contribution in [-0.2, 0) is 15.3 Å². The molecule has 0 aliphatic rings. The Bertz CT molecular complexity index is 1440. The van der Waals surface area contributed by atoms with Gasteiger partial charge in [-0.2, -0.15) is 0 Å². The number of hydrogen-bond acceptors (Lipinski definition) is 4. The molecule has 0 saturated carbocycles. The summed E-state index contributed by atoms with van der Waals surface area (Å²) in [7, 11) is 0. The molecular weight excluding hydrogens is 503 g/mol. The molecule has 0 aromatic heterocycles. The lowest BCUT2D eigenvalue weighted by molar-refractivity contribution is -0.140. The second-order valence-electron chi connectivity index (χ2n) is 8.31. The lowest BCUT2D eigenvalue weighted by Crippen LogP contribution is -2.46. The maximum absolute atomic E-state index is 16.5. The molecule has 0 aliphatic carbocycles. The molecular formula is C29H23FN4O5. The summed E-state index contributed by atoms with van der Waals surface area (Å²) in [6.45, 7) is 0. The Balaban J connectivity index is 1.61. The van der Waals surface area contributed by atoms with Crippen molar-refractivity contribution in [2.75, 3.05) is 21.3 Å². The summed E-state index contributed by atoms with van der Waals surface area (Å²) in [6, 6.07) is 27.3. The zero-order valence-electron chi connectivity index (χ0n) is 20.4. The van der Waals surface area contributed by atoms with E-state index < -0.39 is 29.5 Å². The van der Waals surface area contributed by atoms with Crippen LogP contribution >= 0.6 is 0 Å². The van der Waals surface area contributed by atoms with Gasteiger partial charge >= 0.3 is 6.09 Å². The largest absolute Gasteiger partial charge is 0.465 e. The van der Waals surface area contributed by atoms with E-state index in [0.717, 1.165) is 0 Å². The molecule has 0 atom stereocenters. The van der Waals surface area contributed by atoms with Crippen LogP contribution in [0.3, 0.4) is 0 Å². The summed E-state index contributed by atoms with van der Waals surface area (Å²) >= 11 is 0. The first-order valence-electron chi connectivity index (χ1n) is 11.7. The molecule has 5 N–H and O–H groups in total. The van der Waals surface area contributed by atoms with Crippen molar-refractivity contribution in [1.82, 2.24) is 0 Å². The van der Waals surface area contributed by atoms with Crippen LogP contribution in [-0.4, -0.2) is 28.9 Å². The minimum atomic E-state index is -3.15. The van der Waals surface area contributed by atoms with Gasteiger partial charge in [-0.3, -0.25) is 19.7 Å². The number of alkyl halides is 1. The highest BCUT2D eigenvalue weighted by Crippen LogP contribution is 2.31. The Hall–Kier alpha value is -5.51. The van der Waals surface area contributed by atoms with E-state index >= 15 is 4.39 Å². The maximum Gasteiger partial charge on any atom is 0.409 e. The highest BCUT2D eigenvalue weighted by Gasteiger charge is 2.48. The van der Waals surface area contributed by atoms with Gasteiger partial charge in [-0.1, -0.05) is 60.7 Å². The molecule has 10 heteroatoms. The summed E-state index contributed by atoms with van der Waals surface area (Å²) in [5.41, 5.74) is -2.42. The fraction of sp³-hybridized carbons (Fsp3) is 0.0345. The summed E-state index contributed by atoms with van der Waals surface area (Å²) in [5.74, 6) is -3.05. The van der Waals surface area contributed by atoms with Crippen LogP contribution in [0.25, 0.3) is 0 Å². The number of para-hydroxylation sites is 4. The molecule has 0 radical (unpaired) electrons. The van der Waals surface area contributed by atoms with Gasteiger partial charge in [0.1, 0.15) is 0 Å². The van der Waals surface area contributed by atoms with Crippen molar-refractivity contribution in [1.29, 1.82) is 0 Å². The topological polar surface area (TPSA) is 137 Å². The fourth-order valence-electron chi connectivity index (χ4n) is 3.70. The molecule has 39 heavy (non-hydrogen) atoms. The van der Waals surface area contributed by atoms with E-state index in [1.165, 1.54) is 36.4 Å². The second kappa shape index (κ2) is 11.7. The van der Waals surface area contributed by atoms with Gasteiger partial charge in [0.2, 0.25) is 0 Å². The Labute approximate surface area is 222 Å². The molecule has 196 valence electrons. The molecule has 0 aliphatic heterocycles. The van der Waals surface area contributed by atoms with Crippen molar-refractivity contribution in [2.24, 2.45) is 0 Å². The quantitative estimate of drug-likeness (QED) is 0.194. The zero-order chi connectivity index (χ0) is 27.8.